The summed E-state index contributed by atoms with van der Waals surface area (Å²) in [5, 5.41) is 18.6. The maximum atomic E-state index is 10.7. The Bertz CT molecular complexity index is 587. The lowest BCUT2D eigenvalue weighted by atomic mass is 10.2. The molecule has 0 saturated carbocycles. The van der Waals surface area contributed by atoms with E-state index in [1.54, 1.807) is 24.5 Å². The molecule has 0 amide bonds. The third kappa shape index (κ3) is 1.90. The number of nitro benzene ring substituents is 1. The summed E-state index contributed by atoms with van der Waals surface area (Å²) in [6.45, 7) is 3.61. The second-order valence-corrected chi connectivity index (χ2v) is 3.74. The van der Waals surface area contributed by atoms with Gasteiger partial charge in [0.2, 0.25) is 0 Å². The molecule has 0 spiro atoms. The third-order valence-electron chi connectivity index (χ3n) is 2.60. The molecular formula is C11H12N4O3. The first-order valence-corrected chi connectivity index (χ1v) is 5.26. The number of hydrogen-bond acceptors (Lipinski definition) is 5. The van der Waals surface area contributed by atoms with Gasteiger partial charge in [-0.2, -0.15) is 0 Å². The van der Waals surface area contributed by atoms with Crippen LogP contribution >= 0.6 is 0 Å². The quantitative estimate of drug-likeness (QED) is 0.611. The predicted molar refractivity (Wildman–Crippen MR) is 64.0 cm³/mol. The Hall–Kier alpha value is -2.44. The van der Waals surface area contributed by atoms with Gasteiger partial charge in [0, 0.05) is 6.07 Å². The molecule has 0 N–H and O–H groups in total. The van der Waals surface area contributed by atoms with E-state index in [0.717, 1.165) is 0 Å². The molecule has 94 valence electrons. The minimum Gasteiger partial charge on any atom is -0.494 e. The highest BCUT2D eigenvalue weighted by Crippen LogP contribution is 2.28. The van der Waals surface area contributed by atoms with Crippen molar-refractivity contribution in [2.45, 2.75) is 13.8 Å². The van der Waals surface area contributed by atoms with Crippen LogP contribution in [0.4, 0.5) is 5.69 Å². The van der Waals surface area contributed by atoms with Gasteiger partial charge in [0.05, 0.1) is 23.8 Å². The fourth-order valence-corrected chi connectivity index (χ4v) is 1.78. The largest absolute Gasteiger partial charge is 0.494 e. The Kier molecular flexibility index (Phi) is 2.97. The second-order valence-electron chi connectivity index (χ2n) is 3.74. The lowest BCUT2D eigenvalue weighted by molar-refractivity contribution is -0.384. The molecule has 2 rings (SSSR count). The molecule has 0 saturated heterocycles. The molecule has 1 aromatic heterocycles. The van der Waals surface area contributed by atoms with Crippen molar-refractivity contribution in [3.05, 3.63) is 40.0 Å². The van der Waals surface area contributed by atoms with Gasteiger partial charge in [-0.05, 0) is 19.9 Å². The van der Waals surface area contributed by atoms with Crippen LogP contribution in [0, 0.1) is 24.0 Å². The fraction of sp³-hybridized carbons (Fsp3) is 0.273. The van der Waals surface area contributed by atoms with Crippen molar-refractivity contribution in [3.63, 3.8) is 0 Å². The van der Waals surface area contributed by atoms with E-state index in [9.17, 15) is 10.1 Å². The van der Waals surface area contributed by atoms with E-state index in [1.807, 2.05) is 0 Å². The van der Waals surface area contributed by atoms with Crippen molar-refractivity contribution in [2.75, 3.05) is 7.11 Å². The third-order valence-corrected chi connectivity index (χ3v) is 2.60. The number of methoxy groups -OCH3 is 1. The van der Waals surface area contributed by atoms with Gasteiger partial charge in [0.15, 0.2) is 0 Å². The van der Waals surface area contributed by atoms with Crippen molar-refractivity contribution < 1.29 is 9.66 Å². The van der Waals surface area contributed by atoms with Crippen molar-refractivity contribution >= 4 is 5.69 Å². The van der Waals surface area contributed by atoms with Crippen LogP contribution in [0.1, 0.15) is 11.6 Å². The van der Waals surface area contributed by atoms with Crippen LogP contribution in [0.25, 0.3) is 5.69 Å². The van der Waals surface area contributed by atoms with E-state index in [0.29, 0.717) is 23.1 Å². The first kappa shape index (κ1) is 12.0. The van der Waals surface area contributed by atoms with Gasteiger partial charge < -0.3 is 4.74 Å². The van der Waals surface area contributed by atoms with E-state index < -0.39 is 4.92 Å². The monoisotopic (exact) mass is 248 g/mol. The van der Waals surface area contributed by atoms with Gasteiger partial charge in [0.1, 0.15) is 17.4 Å². The van der Waals surface area contributed by atoms with Crippen LogP contribution in [0.3, 0.4) is 0 Å². The minimum absolute atomic E-state index is 0.0148. The molecule has 0 aliphatic heterocycles. The molecule has 1 heterocycles. The topological polar surface area (TPSA) is 83.1 Å². The van der Waals surface area contributed by atoms with E-state index in [4.69, 9.17) is 4.74 Å². The Balaban J connectivity index is 2.62. The van der Waals surface area contributed by atoms with Gasteiger partial charge in [-0.3, -0.25) is 14.7 Å². The maximum absolute atomic E-state index is 10.7. The molecule has 18 heavy (non-hydrogen) atoms. The van der Waals surface area contributed by atoms with Crippen LogP contribution in [0.2, 0.25) is 0 Å². The number of nitro groups is 1. The van der Waals surface area contributed by atoms with E-state index in [1.165, 1.54) is 19.2 Å². The summed E-state index contributed by atoms with van der Waals surface area (Å²) in [6, 6.07) is 4.44. The van der Waals surface area contributed by atoms with E-state index in [-0.39, 0.29) is 5.69 Å². The molecule has 0 unspecified atom stereocenters. The first-order valence-electron chi connectivity index (χ1n) is 5.26. The average molecular weight is 248 g/mol. The molecular weight excluding hydrogens is 236 g/mol. The lowest BCUT2D eigenvalue weighted by Gasteiger charge is -2.11. The predicted octanol–water partition coefficient (Wildman–Crippen LogP) is 1.80. The Morgan fingerprint density at radius 1 is 1.28 bits per heavy atom. The standard InChI is InChI=1S/C11H12N4O3/c1-7-12-13-8(2)14(7)10-5-4-9(15(16)17)6-11(10)18-3/h4-6H,1-3H3. The van der Waals surface area contributed by atoms with Crippen LogP contribution in [-0.4, -0.2) is 26.8 Å². The van der Waals surface area contributed by atoms with Gasteiger partial charge in [-0.1, -0.05) is 0 Å². The summed E-state index contributed by atoms with van der Waals surface area (Å²) in [4.78, 5) is 10.3. The number of rotatable bonds is 3. The summed E-state index contributed by atoms with van der Waals surface area (Å²) in [5.74, 6) is 1.80. The first-order chi connectivity index (χ1) is 8.54. The zero-order valence-corrected chi connectivity index (χ0v) is 10.2. The van der Waals surface area contributed by atoms with Crippen LogP contribution < -0.4 is 4.74 Å². The van der Waals surface area contributed by atoms with Crippen LogP contribution in [0.15, 0.2) is 18.2 Å². The zero-order valence-electron chi connectivity index (χ0n) is 10.2. The van der Waals surface area contributed by atoms with Gasteiger partial charge in [-0.25, -0.2) is 0 Å². The molecule has 7 heteroatoms. The maximum Gasteiger partial charge on any atom is 0.273 e. The van der Waals surface area contributed by atoms with Crippen LogP contribution in [-0.2, 0) is 0 Å². The molecule has 0 fully saturated rings. The van der Waals surface area contributed by atoms with Crippen molar-refractivity contribution in [2.24, 2.45) is 0 Å². The number of nitrogens with zero attached hydrogens (tertiary/aromatic N) is 4. The second kappa shape index (κ2) is 4.44. The highest BCUT2D eigenvalue weighted by molar-refractivity contribution is 5.54. The molecule has 0 radical (unpaired) electrons. The van der Waals surface area contributed by atoms with Crippen LogP contribution in [0.5, 0.6) is 5.75 Å². The summed E-state index contributed by atoms with van der Waals surface area (Å²) < 4.78 is 6.97. The molecule has 1 aromatic carbocycles. The number of hydrogen-bond donors (Lipinski definition) is 0. The Morgan fingerprint density at radius 2 is 1.89 bits per heavy atom. The highest BCUT2D eigenvalue weighted by Gasteiger charge is 2.15. The van der Waals surface area contributed by atoms with E-state index in [2.05, 4.69) is 10.2 Å². The smallest absolute Gasteiger partial charge is 0.273 e. The number of non-ortho nitro benzene ring substituents is 1. The fourth-order valence-electron chi connectivity index (χ4n) is 1.78. The molecule has 0 atom stereocenters. The van der Waals surface area contributed by atoms with Crippen molar-refractivity contribution in [1.82, 2.24) is 14.8 Å². The number of aromatic nitrogens is 3. The molecule has 7 nitrogen and oxygen atoms in total. The number of ether oxygens (including phenoxy) is 1. The highest BCUT2D eigenvalue weighted by atomic mass is 16.6. The Morgan fingerprint density at radius 3 is 2.39 bits per heavy atom. The molecule has 2 aromatic rings. The van der Waals surface area contributed by atoms with Crippen molar-refractivity contribution in [3.8, 4) is 11.4 Å². The van der Waals surface area contributed by atoms with Crippen molar-refractivity contribution in [1.29, 1.82) is 0 Å². The summed E-state index contributed by atoms with van der Waals surface area (Å²) in [5.41, 5.74) is 0.669. The summed E-state index contributed by atoms with van der Waals surface area (Å²) >= 11 is 0. The van der Waals surface area contributed by atoms with Gasteiger partial charge in [0.25, 0.3) is 5.69 Å². The minimum atomic E-state index is -0.460. The zero-order chi connectivity index (χ0) is 13.3. The average Bonchev–Trinajstić information content (AvgIpc) is 2.68. The number of aryl methyl sites for hydroxylation is 2. The summed E-state index contributed by atoms with van der Waals surface area (Å²) in [6.07, 6.45) is 0. The van der Waals surface area contributed by atoms with E-state index >= 15 is 0 Å². The molecule has 0 aliphatic carbocycles. The van der Waals surface area contributed by atoms with Gasteiger partial charge in [-0.15, -0.1) is 10.2 Å². The molecule has 0 bridgehead atoms. The van der Waals surface area contributed by atoms with Gasteiger partial charge >= 0.3 is 0 Å². The molecule has 0 aliphatic rings. The Labute approximate surface area is 103 Å². The number of benzene rings is 1. The normalized spacial score (nSPS) is 10.4. The summed E-state index contributed by atoms with van der Waals surface area (Å²) in [7, 11) is 1.47. The lowest BCUT2D eigenvalue weighted by Crippen LogP contribution is -2.03. The SMILES string of the molecule is COc1cc([N+](=O)[O-])ccc1-n1c(C)nnc1C.